The molecule has 180 valence electrons. The van der Waals surface area contributed by atoms with E-state index in [0.29, 0.717) is 18.7 Å². The summed E-state index contributed by atoms with van der Waals surface area (Å²) < 4.78 is 26.7. The number of ether oxygens (including phenoxy) is 2. The standard InChI is InChI=1S/C12H16FIN2O.C12H15IN2O/c1-2-8-5-9(16-6-8)7-17-11-10(14)3-4-15-12(11)13;1-2-8-5-9-7-16-11-10(13)3-4-14-12(11)15(9)6-8/h3-4,8-9,16H,2,5-7H2,1H3;3-4,8-9H,2,5-7H2,1H3/t2*8?,9-/m00/s1. The molecule has 2 aromatic heterocycles. The largest absolute Gasteiger partial charge is 0.486 e. The van der Waals surface area contributed by atoms with Crippen LogP contribution in [0.5, 0.6) is 11.5 Å². The molecule has 0 saturated carbocycles. The zero-order valence-electron chi connectivity index (χ0n) is 19.1. The number of anilines is 1. The molecule has 0 aliphatic carbocycles. The highest BCUT2D eigenvalue weighted by molar-refractivity contribution is 14.1. The summed E-state index contributed by atoms with van der Waals surface area (Å²) in [7, 11) is 0. The van der Waals surface area contributed by atoms with E-state index in [1.54, 1.807) is 6.07 Å². The maximum atomic E-state index is 13.4. The third-order valence-corrected chi connectivity index (χ3v) is 8.44. The van der Waals surface area contributed by atoms with Crippen molar-refractivity contribution in [1.82, 2.24) is 15.3 Å². The van der Waals surface area contributed by atoms with Crippen LogP contribution in [0.1, 0.15) is 39.5 Å². The first-order valence-electron chi connectivity index (χ1n) is 11.7. The van der Waals surface area contributed by atoms with Crippen molar-refractivity contribution in [1.29, 1.82) is 0 Å². The highest BCUT2D eigenvalue weighted by atomic mass is 127. The molecule has 33 heavy (non-hydrogen) atoms. The molecule has 3 aliphatic rings. The van der Waals surface area contributed by atoms with Crippen molar-refractivity contribution in [2.75, 3.05) is 31.2 Å². The molecule has 4 atom stereocenters. The van der Waals surface area contributed by atoms with Gasteiger partial charge in [0.25, 0.3) is 5.95 Å². The maximum Gasteiger partial charge on any atom is 0.256 e. The maximum absolute atomic E-state index is 13.4. The summed E-state index contributed by atoms with van der Waals surface area (Å²) in [5.74, 6) is 3.31. The van der Waals surface area contributed by atoms with Crippen LogP contribution in [-0.4, -0.2) is 48.4 Å². The summed E-state index contributed by atoms with van der Waals surface area (Å²) in [5.41, 5.74) is 0. The molecule has 0 amide bonds. The Morgan fingerprint density at radius 1 is 1.12 bits per heavy atom. The van der Waals surface area contributed by atoms with Crippen molar-refractivity contribution in [2.24, 2.45) is 11.8 Å². The van der Waals surface area contributed by atoms with E-state index < -0.39 is 5.95 Å². The van der Waals surface area contributed by atoms with Crippen molar-refractivity contribution in [3.63, 3.8) is 0 Å². The fraction of sp³-hybridized carbons (Fsp3) is 0.583. The molecular formula is C24H31FI2N4O2. The number of fused-ring (bicyclic) bond motifs is 3. The fourth-order valence-corrected chi connectivity index (χ4v) is 5.81. The van der Waals surface area contributed by atoms with E-state index in [1.807, 2.05) is 12.3 Å². The summed E-state index contributed by atoms with van der Waals surface area (Å²) >= 11 is 4.38. The van der Waals surface area contributed by atoms with Crippen molar-refractivity contribution < 1.29 is 13.9 Å². The molecular weight excluding hydrogens is 649 g/mol. The van der Waals surface area contributed by atoms with E-state index in [9.17, 15) is 4.39 Å². The SMILES string of the molecule is CCC1CN[C@H](COc2c(I)ccnc2F)C1.CCC1C[C@H]2COc3c(I)ccnc3N2C1. The van der Waals surface area contributed by atoms with E-state index in [4.69, 9.17) is 9.47 Å². The highest BCUT2D eigenvalue weighted by Gasteiger charge is 2.37. The van der Waals surface area contributed by atoms with Crippen molar-refractivity contribution >= 4 is 51.0 Å². The van der Waals surface area contributed by atoms with Gasteiger partial charge in [-0.1, -0.05) is 26.7 Å². The van der Waals surface area contributed by atoms with Gasteiger partial charge in [0.1, 0.15) is 13.2 Å². The highest BCUT2D eigenvalue weighted by Crippen LogP contribution is 2.40. The number of pyridine rings is 2. The molecule has 0 aromatic carbocycles. The van der Waals surface area contributed by atoms with Gasteiger partial charge in [-0.2, -0.15) is 4.39 Å². The number of hydrogen-bond acceptors (Lipinski definition) is 6. The molecule has 9 heteroatoms. The topological polar surface area (TPSA) is 59.5 Å². The number of rotatable bonds is 5. The lowest BCUT2D eigenvalue weighted by molar-refractivity contribution is 0.258. The van der Waals surface area contributed by atoms with Gasteiger partial charge < -0.3 is 19.7 Å². The van der Waals surface area contributed by atoms with Gasteiger partial charge in [-0.05, 0) is 88.5 Å². The zero-order chi connectivity index (χ0) is 23.4. The summed E-state index contributed by atoms with van der Waals surface area (Å²) in [6.45, 7) is 7.98. The monoisotopic (exact) mass is 680 g/mol. The first-order chi connectivity index (χ1) is 16.0. The molecule has 0 radical (unpaired) electrons. The quantitative estimate of drug-likeness (QED) is 0.343. The van der Waals surface area contributed by atoms with E-state index in [-0.39, 0.29) is 5.75 Å². The van der Waals surface area contributed by atoms with Gasteiger partial charge in [-0.3, -0.25) is 0 Å². The minimum absolute atomic E-state index is 0.273. The van der Waals surface area contributed by atoms with Crippen LogP contribution >= 0.6 is 45.2 Å². The van der Waals surface area contributed by atoms with Crippen LogP contribution in [0.2, 0.25) is 0 Å². The zero-order valence-corrected chi connectivity index (χ0v) is 23.4. The van der Waals surface area contributed by atoms with Crippen LogP contribution in [-0.2, 0) is 0 Å². The van der Waals surface area contributed by atoms with Gasteiger partial charge in [-0.15, -0.1) is 0 Å². The summed E-state index contributed by atoms with van der Waals surface area (Å²) in [4.78, 5) is 10.5. The summed E-state index contributed by atoms with van der Waals surface area (Å²) in [6, 6.07) is 4.63. The van der Waals surface area contributed by atoms with E-state index >= 15 is 0 Å². The first-order valence-corrected chi connectivity index (χ1v) is 13.9. The number of hydrogen-bond donors (Lipinski definition) is 1. The average molecular weight is 680 g/mol. The minimum atomic E-state index is -0.526. The lowest BCUT2D eigenvalue weighted by atomic mass is 10.0. The number of aromatic nitrogens is 2. The predicted molar refractivity (Wildman–Crippen MR) is 145 cm³/mol. The number of nitrogens with one attached hydrogen (secondary N) is 1. The second-order valence-corrected chi connectivity index (χ2v) is 11.2. The minimum Gasteiger partial charge on any atom is -0.486 e. The molecule has 2 fully saturated rings. The number of halogens is 3. The van der Waals surface area contributed by atoms with Crippen LogP contribution in [0.3, 0.4) is 0 Å². The Kier molecular flexibility index (Phi) is 8.88. The van der Waals surface area contributed by atoms with Gasteiger partial charge in [0.2, 0.25) is 0 Å². The van der Waals surface area contributed by atoms with Gasteiger partial charge in [0.15, 0.2) is 17.3 Å². The first kappa shape index (κ1) is 25.2. The molecule has 5 heterocycles. The van der Waals surface area contributed by atoms with Crippen molar-refractivity contribution in [2.45, 2.75) is 51.6 Å². The Bertz CT molecular complexity index is 930. The molecule has 1 N–H and O–H groups in total. The Morgan fingerprint density at radius 2 is 1.88 bits per heavy atom. The van der Waals surface area contributed by atoms with Crippen LogP contribution in [0.4, 0.5) is 10.2 Å². The molecule has 2 saturated heterocycles. The average Bonchev–Trinajstić information content (AvgIpc) is 3.46. The van der Waals surface area contributed by atoms with Crippen LogP contribution in [0.25, 0.3) is 0 Å². The molecule has 0 spiro atoms. The third kappa shape index (κ3) is 6.01. The van der Waals surface area contributed by atoms with E-state index in [0.717, 1.165) is 53.1 Å². The normalized spacial score (nSPS) is 25.5. The predicted octanol–water partition coefficient (Wildman–Crippen LogP) is 5.28. The smallest absolute Gasteiger partial charge is 0.256 e. The van der Waals surface area contributed by atoms with Gasteiger partial charge in [-0.25, -0.2) is 9.97 Å². The Labute approximate surface area is 222 Å². The van der Waals surface area contributed by atoms with Crippen LogP contribution in [0.15, 0.2) is 24.5 Å². The lowest BCUT2D eigenvalue weighted by Gasteiger charge is -2.32. The van der Waals surface area contributed by atoms with Gasteiger partial charge in [0, 0.05) is 25.0 Å². The van der Waals surface area contributed by atoms with Crippen molar-refractivity contribution in [3.05, 3.63) is 37.6 Å². The Morgan fingerprint density at radius 3 is 2.61 bits per heavy atom. The third-order valence-electron chi connectivity index (χ3n) is 6.74. The Hall–Kier alpha value is -0.950. The Balaban J connectivity index is 0.000000157. The van der Waals surface area contributed by atoms with Crippen molar-refractivity contribution in [3.8, 4) is 11.5 Å². The molecule has 5 rings (SSSR count). The molecule has 3 aliphatic heterocycles. The molecule has 2 aromatic rings. The van der Waals surface area contributed by atoms with Crippen LogP contribution < -0.4 is 19.7 Å². The van der Waals surface area contributed by atoms with Gasteiger partial charge >= 0.3 is 0 Å². The molecule has 6 nitrogen and oxygen atoms in total. The molecule has 0 bridgehead atoms. The fourth-order valence-electron chi connectivity index (χ4n) is 4.71. The van der Waals surface area contributed by atoms with E-state index in [1.165, 1.54) is 29.0 Å². The second-order valence-electron chi connectivity index (χ2n) is 8.91. The van der Waals surface area contributed by atoms with Crippen LogP contribution in [0, 0.1) is 24.9 Å². The second kappa shape index (κ2) is 11.7. The van der Waals surface area contributed by atoms with Gasteiger partial charge in [0.05, 0.1) is 13.2 Å². The number of nitrogens with zero attached hydrogens (tertiary/aromatic N) is 3. The summed E-state index contributed by atoms with van der Waals surface area (Å²) in [5, 5.41) is 3.40. The summed E-state index contributed by atoms with van der Waals surface area (Å²) in [6.07, 6.45) is 8.13. The molecule has 2 unspecified atom stereocenters. The lowest BCUT2D eigenvalue weighted by Crippen LogP contribution is -2.39. The van der Waals surface area contributed by atoms with E-state index in [2.05, 4.69) is 79.2 Å².